The van der Waals surface area contributed by atoms with Crippen molar-refractivity contribution in [2.75, 3.05) is 16.6 Å². The number of benzene rings is 2. The number of carbonyl (C=O) groups excluding carboxylic acids is 1. The average Bonchev–Trinajstić information content (AvgIpc) is 2.74. The third-order valence-electron chi connectivity index (χ3n) is 4.19. The number of anilines is 2. The van der Waals surface area contributed by atoms with Crippen molar-refractivity contribution in [3.63, 3.8) is 0 Å². The molecule has 0 fully saturated rings. The van der Waals surface area contributed by atoms with Crippen molar-refractivity contribution in [1.29, 1.82) is 0 Å². The Hall–Kier alpha value is -3.17. The average molecular weight is 461 g/mol. The zero-order valence-electron chi connectivity index (χ0n) is 16.7. The number of halogens is 1. The Balaban J connectivity index is 1.46. The molecule has 0 bridgehead atoms. The fourth-order valence-electron chi connectivity index (χ4n) is 2.60. The first-order valence-corrected chi connectivity index (χ1v) is 11.3. The van der Waals surface area contributed by atoms with Crippen LogP contribution in [0.5, 0.6) is 5.75 Å². The summed E-state index contributed by atoms with van der Waals surface area (Å²) >= 11 is 5.98. The first kappa shape index (κ1) is 22.5. The van der Waals surface area contributed by atoms with Crippen LogP contribution in [0.4, 0.5) is 11.6 Å². The van der Waals surface area contributed by atoms with Crippen molar-refractivity contribution >= 4 is 39.2 Å². The number of aromatic nitrogens is 2. The molecule has 0 spiro atoms. The minimum absolute atomic E-state index is 0.0177. The van der Waals surface area contributed by atoms with Crippen LogP contribution >= 0.6 is 11.6 Å². The topological polar surface area (TPSA) is 110 Å². The van der Waals surface area contributed by atoms with Crippen LogP contribution < -0.4 is 14.8 Å². The van der Waals surface area contributed by atoms with Crippen molar-refractivity contribution in [1.82, 2.24) is 9.97 Å². The zero-order valence-corrected chi connectivity index (χ0v) is 18.3. The first-order chi connectivity index (χ1) is 14.8. The lowest BCUT2D eigenvalue weighted by atomic mass is 10.2. The van der Waals surface area contributed by atoms with Gasteiger partial charge >= 0.3 is 0 Å². The van der Waals surface area contributed by atoms with Crippen LogP contribution in [0, 0.1) is 6.92 Å². The van der Waals surface area contributed by atoms with Crippen molar-refractivity contribution in [2.24, 2.45) is 0 Å². The number of ether oxygens (including phenoxy) is 1. The molecule has 1 amide bonds. The summed E-state index contributed by atoms with van der Waals surface area (Å²) in [6.45, 7) is 2.28. The molecule has 8 nitrogen and oxygen atoms in total. The third kappa shape index (κ3) is 6.66. The van der Waals surface area contributed by atoms with Gasteiger partial charge in [0.1, 0.15) is 5.75 Å². The van der Waals surface area contributed by atoms with E-state index in [1.807, 2.05) is 13.0 Å². The van der Waals surface area contributed by atoms with E-state index in [0.29, 0.717) is 29.5 Å². The molecule has 10 heteroatoms. The van der Waals surface area contributed by atoms with Gasteiger partial charge in [0.2, 0.25) is 11.9 Å². The van der Waals surface area contributed by atoms with Gasteiger partial charge in [0.25, 0.3) is 10.0 Å². The second-order valence-corrected chi connectivity index (χ2v) is 8.70. The lowest BCUT2D eigenvalue weighted by molar-refractivity contribution is -0.116. The van der Waals surface area contributed by atoms with Crippen LogP contribution in [0.15, 0.2) is 65.8 Å². The summed E-state index contributed by atoms with van der Waals surface area (Å²) in [6, 6.07) is 12.8. The van der Waals surface area contributed by atoms with Crippen LogP contribution in [-0.2, 0) is 14.8 Å². The van der Waals surface area contributed by atoms with Gasteiger partial charge in [0.05, 0.1) is 11.5 Å². The molecule has 0 radical (unpaired) electrons. The van der Waals surface area contributed by atoms with Crippen LogP contribution in [-0.4, -0.2) is 30.9 Å². The van der Waals surface area contributed by atoms with Crippen LogP contribution in [0.25, 0.3) is 0 Å². The fourth-order valence-corrected chi connectivity index (χ4v) is 3.68. The number of rotatable bonds is 9. The highest BCUT2D eigenvalue weighted by Crippen LogP contribution is 2.21. The summed E-state index contributed by atoms with van der Waals surface area (Å²) in [4.78, 5) is 19.8. The summed E-state index contributed by atoms with van der Waals surface area (Å²) in [6.07, 6.45) is 3.66. The molecule has 0 saturated heterocycles. The number of sulfonamides is 1. The molecule has 0 saturated carbocycles. The van der Waals surface area contributed by atoms with E-state index >= 15 is 0 Å². The number of hydrogen-bond donors (Lipinski definition) is 2. The molecule has 0 atom stereocenters. The van der Waals surface area contributed by atoms with Crippen LogP contribution in [0.2, 0.25) is 5.02 Å². The van der Waals surface area contributed by atoms with E-state index in [1.165, 1.54) is 36.7 Å². The van der Waals surface area contributed by atoms with E-state index in [9.17, 15) is 13.2 Å². The minimum atomic E-state index is -3.82. The van der Waals surface area contributed by atoms with Crippen LogP contribution in [0.1, 0.15) is 18.4 Å². The molecular formula is C21H21ClN4O4S. The maximum absolute atomic E-state index is 12.4. The molecular weight excluding hydrogens is 440 g/mol. The Bertz CT molecular complexity index is 1140. The van der Waals surface area contributed by atoms with Crippen molar-refractivity contribution in [2.45, 2.75) is 24.7 Å². The summed E-state index contributed by atoms with van der Waals surface area (Å²) in [7, 11) is -3.82. The van der Waals surface area contributed by atoms with E-state index < -0.39 is 10.0 Å². The number of carbonyl (C=O) groups is 1. The number of nitrogens with one attached hydrogen (secondary N) is 2. The lowest BCUT2D eigenvalue weighted by Gasteiger charge is -2.09. The standard InChI is InChI=1S/C21H21ClN4O4S/c1-15-14-17(7-10-19(15)22)30-13-2-4-20(27)25-16-5-8-18(9-6-16)31(28,29)26-21-23-11-3-12-24-21/h3,5-12,14H,2,4,13H2,1H3,(H,25,27)(H,23,24,26). The third-order valence-corrected chi connectivity index (χ3v) is 5.95. The van der Waals surface area contributed by atoms with Crippen LogP contribution in [0.3, 0.4) is 0 Å². The highest BCUT2D eigenvalue weighted by Gasteiger charge is 2.15. The number of aryl methyl sites for hydroxylation is 1. The van der Waals surface area contributed by atoms with E-state index in [1.54, 1.807) is 18.2 Å². The summed E-state index contributed by atoms with van der Waals surface area (Å²) in [5.41, 5.74) is 1.42. The van der Waals surface area contributed by atoms with Gasteiger partial charge < -0.3 is 10.1 Å². The maximum atomic E-state index is 12.4. The van der Waals surface area contributed by atoms with Gasteiger partial charge in [0, 0.05) is 29.5 Å². The lowest BCUT2D eigenvalue weighted by Crippen LogP contribution is -2.15. The van der Waals surface area contributed by atoms with Crippen molar-refractivity contribution in [3.8, 4) is 5.75 Å². The molecule has 0 aliphatic rings. The smallest absolute Gasteiger partial charge is 0.264 e. The van der Waals surface area contributed by atoms with Crippen molar-refractivity contribution in [3.05, 3.63) is 71.5 Å². The fraction of sp³-hybridized carbons (Fsp3) is 0.190. The molecule has 2 aromatic carbocycles. The predicted molar refractivity (Wildman–Crippen MR) is 119 cm³/mol. The molecule has 3 aromatic rings. The highest BCUT2D eigenvalue weighted by molar-refractivity contribution is 7.92. The van der Waals surface area contributed by atoms with E-state index in [4.69, 9.17) is 16.3 Å². The molecule has 0 unspecified atom stereocenters. The van der Waals surface area contributed by atoms with E-state index in [-0.39, 0.29) is 23.2 Å². The van der Waals surface area contributed by atoms with E-state index in [2.05, 4.69) is 20.0 Å². The highest BCUT2D eigenvalue weighted by atomic mass is 35.5. The molecule has 31 heavy (non-hydrogen) atoms. The van der Waals surface area contributed by atoms with Gasteiger partial charge in [-0.2, -0.15) is 0 Å². The number of amides is 1. The Morgan fingerprint density at radius 2 is 1.81 bits per heavy atom. The molecule has 0 aliphatic carbocycles. The second-order valence-electron chi connectivity index (χ2n) is 6.61. The normalized spacial score (nSPS) is 11.0. The molecule has 3 rings (SSSR count). The largest absolute Gasteiger partial charge is 0.494 e. The minimum Gasteiger partial charge on any atom is -0.494 e. The molecule has 1 heterocycles. The monoisotopic (exact) mass is 460 g/mol. The Morgan fingerprint density at radius 3 is 2.48 bits per heavy atom. The molecule has 1 aromatic heterocycles. The summed E-state index contributed by atoms with van der Waals surface area (Å²) < 4.78 is 32.6. The predicted octanol–water partition coefficient (Wildman–Crippen LogP) is 4.04. The summed E-state index contributed by atoms with van der Waals surface area (Å²) in [5, 5.41) is 3.41. The first-order valence-electron chi connectivity index (χ1n) is 9.42. The Labute approximate surface area is 185 Å². The SMILES string of the molecule is Cc1cc(OCCCC(=O)Nc2ccc(S(=O)(=O)Nc3ncccn3)cc2)ccc1Cl. The molecule has 2 N–H and O–H groups in total. The zero-order chi connectivity index (χ0) is 22.3. The van der Waals surface area contributed by atoms with Crippen molar-refractivity contribution < 1.29 is 17.9 Å². The van der Waals surface area contributed by atoms with Gasteiger partial charge in [-0.1, -0.05) is 11.6 Å². The van der Waals surface area contributed by atoms with Gasteiger partial charge in [-0.25, -0.2) is 23.1 Å². The summed E-state index contributed by atoms with van der Waals surface area (Å²) in [5.74, 6) is 0.492. The van der Waals surface area contributed by atoms with Gasteiger partial charge in [0.15, 0.2) is 0 Å². The Kier molecular flexibility index (Phi) is 7.43. The van der Waals surface area contributed by atoms with Gasteiger partial charge in [-0.05, 0) is 67.4 Å². The quantitative estimate of drug-likeness (QED) is 0.466. The molecule has 162 valence electrons. The maximum Gasteiger partial charge on any atom is 0.264 e. The van der Waals surface area contributed by atoms with E-state index in [0.717, 1.165) is 5.56 Å². The second kappa shape index (κ2) is 10.2. The number of hydrogen-bond acceptors (Lipinski definition) is 6. The van der Waals surface area contributed by atoms with Gasteiger partial charge in [-0.3, -0.25) is 4.79 Å². The Morgan fingerprint density at radius 1 is 1.10 bits per heavy atom. The number of nitrogens with zero attached hydrogens (tertiary/aromatic N) is 2. The molecule has 0 aliphatic heterocycles. The van der Waals surface area contributed by atoms with Gasteiger partial charge in [-0.15, -0.1) is 0 Å².